The first kappa shape index (κ1) is 15.8. The molecule has 0 aliphatic carbocycles. The van der Waals surface area contributed by atoms with Gasteiger partial charge in [-0.3, -0.25) is 9.59 Å². The maximum absolute atomic E-state index is 12.5. The van der Waals surface area contributed by atoms with Crippen molar-refractivity contribution >= 4 is 29.9 Å². The Labute approximate surface area is 130 Å². The van der Waals surface area contributed by atoms with Crippen molar-refractivity contribution in [2.24, 2.45) is 0 Å². The Balaban J connectivity index is 0.00000161. The van der Waals surface area contributed by atoms with Gasteiger partial charge in [0.15, 0.2) is 0 Å². The first-order valence-electron chi connectivity index (χ1n) is 7.06. The molecule has 1 fully saturated rings. The summed E-state index contributed by atoms with van der Waals surface area (Å²) < 4.78 is 0. The molecule has 1 atom stereocenters. The fourth-order valence-electron chi connectivity index (χ4n) is 2.86. The molecule has 0 aromatic heterocycles. The normalized spacial score (nSPS) is 20.2. The van der Waals surface area contributed by atoms with Gasteiger partial charge in [-0.05, 0) is 43.1 Å². The van der Waals surface area contributed by atoms with Crippen molar-refractivity contribution in [1.82, 2.24) is 10.2 Å². The summed E-state index contributed by atoms with van der Waals surface area (Å²) in [6.07, 6.45) is 2.20. The van der Waals surface area contributed by atoms with Crippen LogP contribution in [0.1, 0.15) is 28.8 Å². The van der Waals surface area contributed by atoms with Gasteiger partial charge in [0.1, 0.15) is 0 Å². The third kappa shape index (κ3) is 3.19. The number of carbonyl (C=O) groups is 2. The van der Waals surface area contributed by atoms with Crippen molar-refractivity contribution in [2.75, 3.05) is 25.5 Å². The van der Waals surface area contributed by atoms with Crippen LogP contribution in [0.15, 0.2) is 18.2 Å². The minimum absolute atomic E-state index is 0. The standard InChI is InChI=1S/C15H19N3O2.ClH/c1-18(12-6-7-16-9-12)15(20)11-2-4-13-10(8-11)3-5-14(19)17-13;/h2,4,8,12,16H,3,5-7,9H2,1H3,(H,17,19);1H. The molecule has 2 aliphatic rings. The van der Waals surface area contributed by atoms with Crippen molar-refractivity contribution in [1.29, 1.82) is 0 Å². The summed E-state index contributed by atoms with van der Waals surface area (Å²) in [6.45, 7) is 1.84. The summed E-state index contributed by atoms with van der Waals surface area (Å²) >= 11 is 0. The number of benzene rings is 1. The van der Waals surface area contributed by atoms with E-state index >= 15 is 0 Å². The molecule has 114 valence electrons. The topological polar surface area (TPSA) is 61.4 Å². The van der Waals surface area contributed by atoms with Crippen molar-refractivity contribution in [3.63, 3.8) is 0 Å². The van der Waals surface area contributed by atoms with Gasteiger partial charge in [-0.1, -0.05) is 0 Å². The summed E-state index contributed by atoms with van der Waals surface area (Å²) in [7, 11) is 1.86. The number of nitrogens with zero attached hydrogens (tertiary/aromatic N) is 1. The Kier molecular flexibility index (Phi) is 4.85. The monoisotopic (exact) mass is 309 g/mol. The van der Waals surface area contributed by atoms with Gasteiger partial charge in [-0.15, -0.1) is 12.4 Å². The van der Waals surface area contributed by atoms with E-state index in [1.807, 2.05) is 24.1 Å². The molecular weight excluding hydrogens is 290 g/mol. The predicted molar refractivity (Wildman–Crippen MR) is 84.0 cm³/mol. The Morgan fingerprint density at radius 1 is 1.33 bits per heavy atom. The lowest BCUT2D eigenvalue weighted by Crippen LogP contribution is -2.38. The molecule has 2 aliphatic heterocycles. The SMILES string of the molecule is CN(C(=O)c1ccc2c(c1)CCC(=O)N2)C1CCNC1.Cl. The fourth-order valence-corrected chi connectivity index (χ4v) is 2.86. The minimum Gasteiger partial charge on any atom is -0.337 e. The maximum atomic E-state index is 12.5. The second kappa shape index (κ2) is 6.45. The second-order valence-electron chi connectivity index (χ2n) is 5.48. The van der Waals surface area contributed by atoms with Crippen LogP contribution in [0.25, 0.3) is 0 Å². The molecule has 0 saturated carbocycles. The molecule has 2 heterocycles. The Morgan fingerprint density at radius 3 is 2.86 bits per heavy atom. The second-order valence-corrected chi connectivity index (χ2v) is 5.48. The van der Waals surface area contributed by atoms with E-state index in [9.17, 15) is 9.59 Å². The Hall–Kier alpha value is -1.59. The molecule has 3 rings (SSSR count). The zero-order valence-electron chi connectivity index (χ0n) is 12.0. The van der Waals surface area contributed by atoms with Crippen molar-refractivity contribution in [2.45, 2.75) is 25.3 Å². The van der Waals surface area contributed by atoms with Crippen molar-refractivity contribution in [3.05, 3.63) is 29.3 Å². The average molecular weight is 310 g/mol. The minimum atomic E-state index is 0. The third-order valence-corrected chi connectivity index (χ3v) is 4.15. The van der Waals surface area contributed by atoms with Crippen LogP contribution in [0, 0.1) is 0 Å². The number of hydrogen-bond acceptors (Lipinski definition) is 3. The van der Waals surface area contributed by atoms with Gasteiger partial charge >= 0.3 is 0 Å². The van der Waals surface area contributed by atoms with E-state index < -0.39 is 0 Å². The van der Waals surface area contributed by atoms with Gasteiger partial charge in [0.05, 0.1) is 0 Å². The van der Waals surface area contributed by atoms with Gasteiger partial charge in [-0.2, -0.15) is 0 Å². The Morgan fingerprint density at radius 2 is 2.14 bits per heavy atom. The van der Waals surface area contributed by atoms with Crippen LogP contribution < -0.4 is 10.6 Å². The molecule has 0 radical (unpaired) electrons. The first-order valence-corrected chi connectivity index (χ1v) is 7.06. The lowest BCUT2D eigenvalue weighted by molar-refractivity contribution is -0.116. The van der Waals surface area contributed by atoms with Crippen molar-refractivity contribution in [3.8, 4) is 0 Å². The van der Waals surface area contributed by atoms with E-state index in [0.29, 0.717) is 18.4 Å². The number of anilines is 1. The molecular formula is C15H20ClN3O2. The van der Waals surface area contributed by atoms with Gasteiger partial charge in [0.25, 0.3) is 5.91 Å². The first-order chi connectivity index (χ1) is 9.65. The zero-order chi connectivity index (χ0) is 14.1. The van der Waals surface area contributed by atoms with E-state index in [1.54, 1.807) is 6.07 Å². The summed E-state index contributed by atoms with van der Waals surface area (Å²) in [5.41, 5.74) is 2.59. The molecule has 2 amide bonds. The highest BCUT2D eigenvalue weighted by atomic mass is 35.5. The number of carbonyl (C=O) groups excluding carboxylic acids is 2. The number of amides is 2. The van der Waals surface area contributed by atoms with Gasteiger partial charge in [0.2, 0.25) is 5.91 Å². The average Bonchev–Trinajstić information content (AvgIpc) is 2.99. The van der Waals surface area contributed by atoms with Crippen LogP contribution in [0.4, 0.5) is 5.69 Å². The Bertz CT molecular complexity index is 556. The van der Waals surface area contributed by atoms with E-state index in [2.05, 4.69) is 10.6 Å². The van der Waals surface area contributed by atoms with E-state index in [-0.39, 0.29) is 30.3 Å². The summed E-state index contributed by atoms with van der Waals surface area (Å²) in [6, 6.07) is 5.82. The summed E-state index contributed by atoms with van der Waals surface area (Å²) in [4.78, 5) is 25.6. The largest absolute Gasteiger partial charge is 0.337 e. The zero-order valence-corrected chi connectivity index (χ0v) is 12.8. The highest BCUT2D eigenvalue weighted by Crippen LogP contribution is 2.24. The van der Waals surface area contributed by atoms with Crippen LogP contribution in [0.3, 0.4) is 0 Å². The number of likely N-dealkylation sites (N-methyl/N-ethyl adjacent to an activating group) is 1. The predicted octanol–water partition coefficient (Wildman–Crippen LogP) is 1.43. The molecule has 0 spiro atoms. The number of hydrogen-bond donors (Lipinski definition) is 2. The summed E-state index contributed by atoms with van der Waals surface area (Å²) in [5.74, 6) is 0.101. The van der Waals surface area contributed by atoms with Crippen LogP contribution in [-0.4, -0.2) is 42.9 Å². The van der Waals surface area contributed by atoms with Gasteiger partial charge in [0, 0.05) is 37.3 Å². The highest BCUT2D eigenvalue weighted by Gasteiger charge is 2.25. The maximum Gasteiger partial charge on any atom is 0.253 e. The third-order valence-electron chi connectivity index (χ3n) is 4.15. The summed E-state index contributed by atoms with van der Waals surface area (Å²) in [5, 5.41) is 6.11. The smallest absolute Gasteiger partial charge is 0.253 e. The molecule has 21 heavy (non-hydrogen) atoms. The molecule has 1 aromatic carbocycles. The highest BCUT2D eigenvalue weighted by molar-refractivity contribution is 5.98. The van der Waals surface area contributed by atoms with Gasteiger partial charge < -0.3 is 15.5 Å². The fraction of sp³-hybridized carbons (Fsp3) is 0.467. The number of nitrogens with one attached hydrogen (secondary N) is 2. The van der Waals surface area contributed by atoms with E-state index in [1.165, 1.54) is 0 Å². The van der Waals surface area contributed by atoms with Crippen molar-refractivity contribution < 1.29 is 9.59 Å². The number of fused-ring (bicyclic) bond motifs is 1. The van der Waals surface area contributed by atoms with E-state index in [0.717, 1.165) is 30.8 Å². The number of rotatable bonds is 2. The molecule has 1 saturated heterocycles. The van der Waals surface area contributed by atoms with Crippen LogP contribution in [-0.2, 0) is 11.2 Å². The molecule has 1 unspecified atom stereocenters. The van der Waals surface area contributed by atoms with Crippen LogP contribution in [0.5, 0.6) is 0 Å². The molecule has 1 aromatic rings. The van der Waals surface area contributed by atoms with Crippen LogP contribution in [0.2, 0.25) is 0 Å². The number of aryl methyl sites for hydroxylation is 1. The lowest BCUT2D eigenvalue weighted by Gasteiger charge is -2.25. The molecule has 2 N–H and O–H groups in total. The van der Waals surface area contributed by atoms with Gasteiger partial charge in [-0.25, -0.2) is 0 Å². The molecule has 5 nitrogen and oxygen atoms in total. The lowest BCUT2D eigenvalue weighted by atomic mass is 9.99. The van der Waals surface area contributed by atoms with Crippen LogP contribution >= 0.6 is 12.4 Å². The molecule has 0 bridgehead atoms. The number of halogens is 1. The van der Waals surface area contributed by atoms with E-state index in [4.69, 9.17) is 0 Å². The quantitative estimate of drug-likeness (QED) is 0.869. The molecule has 6 heteroatoms.